The van der Waals surface area contributed by atoms with Crippen molar-refractivity contribution in [3.63, 3.8) is 0 Å². The number of amides is 1. The van der Waals surface area contributed by atoms with Crippen LogP contribution in [0.3, 0.4) is 0 Å². The van der Waals surface area contributed by atoms with E-state index in [1.165, 1.54) is 6.07 Å². The summed E-state index contributed by atoms with van der Waals surface area (Å²) in [5, 5.41) is 11.6. The van der Waals surface area contributed by atoms with Gasteiger partial charge in [-0.25, -0.2) is 4.79 Å². The molecule has 2 rings (SSSR count). The van der Waals surface area contributed by atoms with Crippen LogP contribution in [-0.4, -0.2) is 29.7 Å². The lowest BCUT2D eigenvalue weighted by atomic mass is 10.1. The highest BCUT2D eigenvalue weighted by Crippen LogP contribution is 2.18. The van der Waals surface area contributed by atoms with Gasteiger partial charge in [-0.05, 0) is 25.0 Å². The Balaban J connectivity index is 2.00. The number of para-hydroxylation sites is 1. The van der Waals surface area contributed by atoms with Crippen molar-refractivity contribution in [3.05, 3.63) is 29.8 Å². The average molecular weight is 249 g/mol. The van der Waals surface area contributed by atoms with Gasteiger partial charge in [-0.1, -0.05) is 12.1 Å². The molecule has 1 amide bonds. The van der Waals surface area contributed by atoms with Gasteiger partial charge in [-0.3, -0.25) is 4.79 Å². The van der Waals surface area contributed by atoms with Crippen molar-refractivity contribution < 1.29 is 19.4 Å². The van der Waals surface area contributed by atoms with Gasteiger partial charge in [0.15, 0.2) is 0 Å². The zero-order chi connectivity index (χ0) is 13.0. The van der Waals surface area contributed by atoms with Gasteiger partial charge in [0.1, 0.15) is 0 Å². The van der Waals surface area contributed by atoms with Crippen LogP contribution in [0.25, 0.3) is 0 Å². The molecule has 0 radical (unpaired) electrons. The molecule has 1 saturated heterocycles. The second kappa shape index (κ2) is 5.64. The standard InChI is InChI=1S/C13H15NO4/c15-12(8-9-4-3-7-18-9)14-11-6-2-1-5-10(11)13(16)17/h1-2,5-6,9H,3-4,7-8H2,(H,14,15)(H,16,17). The molecule has 1 heterocycles. The van der Waals surface area contributed by atoms with Gasteiger partial charge in [0.25, 0.3) is 0 Å². The van der Waals surface area contributed by atoms with E-state index in [4.69, 9.17) is 9.84 Å². The zero-order valence-corrected chi connectivity index (χ0v) is 9.89. The predicted octanol–water partition coefficient (Wildman–Crippen LogP) is 1.89. The van der Waals surface area contributed by atoms with E-state index in [1.807, 2.05) is 0 Å². The Labute approximate surface area is 105 Å². The van der Waals surface area contributed by atoms with E-state index in [2.05, 4.69) is 5.32 Å². The van der Waals surface area contributed by atoms with Crippen LogP contribution >= 0.6 is 0 Å². The molecule has 1 fully saturated rings. The van der Waals surface area contributed by atoms with Crippen LogP contribution in [0.4, 0.5) is 5.69 Å². The van der Waals surface area contributed by atoms with Crippen molar-refractivity contribution >= 4 is 17.6 Å². The molecule has 0 aromatic heterocycles. The molecule has 1 unspecified atom stereocenters. The number of benzene rings is 1. The minimum Gasteiger partial charge on any atom is -0.478 e. The highest BCUT2D eigenvalue weighted by Gasteiger charge is 2.20. The Morgan fingerprint density at radius 3 is 2.83 bits per heavy atom. The van der Waals surface area contributed by atoms with Crippen LogP contribution in [-0.2, 0) is 9.53 Å². The van der Waals surface area contributed by atoms with Crippen LogP contribution in [0.15, 0.2) is 24.3 Å². The van der Waals surface area contributed by atoms with E-state index in [1.54, 1.807) is 18.2 Å². The van der Waals surface area contributed by atoms with Crippen LogP contribution in [0, 0.1) is 0 Å². The normalized spacial score (nSPS) is 18.6. The van der Waals surface area contributed by atoms with E-state index in [9.17, 15) is 9.59 Å². The first-order chi connectivity index (χ1) is 8.66. The van der Waals surface area contributed by atoms with Gasteiger partial charge in [0, 0.05) is 6.61 Å². The van der Waals surface area contributed by atoms with Crippen molar-refractivity contribution in [2.75, 3.05) is 11.9 Å². The van der Waals surface area contributed by atoms with Crippen LogP contribution in [0.2, 0.25) is 0 Å². The van der Waals surface area contributed by atoms with Gasteiger partial charge in [-0.2, -0.15) is 0 Å². The molecular weight excluding hydrogens is 234 g/mol. The third-order valence-corrected chi connectivity index (χ3v) is 2.87. The summed E-state index contributed by atoms with van der Waals surface area (Å²) in [5.74, 6) is -1.27. The third kappa shape index (κ3) is 3.07. The number of nitrogens with one attached hydrogen (secondary N) is 1. The van der Waals surface area contributed by atoms with Crippen molar-refractivity contribution in [1.29, 1.82) is 0 Å². The Hall–Kier alpha value is -1.88. The van der Waals surface area contributed by atoms with E-state index in [-0.39, 0.29) is 24.0 Å². The van der Waals surface area contributed by atoms with Crippen molar-refractivity contribution in [1.82, 2.24) is 0 Å². The number of hydrogen-bond donors (Lipinski definition) is 2. The molecule has 1 aromatic rings. The highest BCUT2D eigenvalue weighted by atomic mass is 16.5. The Bertz CT molecular complexity index is 452. The second-order valence-electron chi connectivity index (χ2n) is 4.24. The lowest BCUT2D eigenvalue weighted by Crippen LogP contribution is -2.20. The molecule has 0 bridgehead atoms. The number of carboxylic acids is 1. The first-order valence-electron chi connectivity index (χ1n) is 5.90. The predicted molar refractivity (Wildman–Crippen MR) is 65.6 cm³/mol. The smallest absolute Gasteiger partial charge is 0.337 e. The van der Waals surface area contributed by atoms with Crippen LogP contribution < -0.4 is 5.32 Å². The summed E-state index contributed by atoms with van der Waals surface area (Å²) in [6.07, 6.45) is 2.09. The largest absolute Gasteiger partial charge is 0.478 e. The maximum atomic E-state index is 11.8. The summed E-state index contributed by atoms with van der Waals surface area (Å²) in [6, 6.07) is 6.36. The SMILES string of the molecule is O=C(CC1CCCO1)Nc1ccccc1C(=O)O. The maximum absolute atomic E-state index is 11.8. The van der Waals surface area contributed by atoms with E-state index >= 15 is 0 Å². The molecule has 0 saturated carbocycles. The van der Waals surface area contributed by atoms with Crippen LogP contribution in [0.1, 0.15) is 29.6 Å². The van der Waals surface area contributed by atoms with Gasteiger partial charge >= 0.3 is 5.97 Å². The van der Waals surface area contributed by atoms with E-state index in [0.717, 1.165) is 12.8 Å². The Morgan fingerprint density at radius 2 is 2.17 bits per heavy atom. The van der Waals surface area contributed by atoms with Crippen molar-refractivity contribution in [3.8, 4) is 0 Å². The summed E-state index contributed by atoms with van der Waals surface area (Å²) in [7, 11) is 0. The summed E-state index contributed by atoms with van der Waals surface area (Å²) in [5.41, 5.74) is 0.422. The number of hydrogen-bond acceptors (Lipinski definition) is 3. The third-order valence-electron chi connectivity index (χ3n) is 2.87. The lowest BCUT2D eigenvalue weighted by Gasteiger charge is -2.11. The van der Waals surface area contributed by atoms with Gasteiger partial charge in [0.05, 0.1) is 23.8 Å². The summed E-state index contributed by atoms with van der Waals surface area (Å²) >= 11 is 0. The number of aromatic carboxylic acids is 1. The van der Waals surface area contributed by atoms with Gasteiger partial charge in [0.2, 0.25) is 5.91 Å². The molecule has 5 heteroatoms. The average Bonchev–Trinajstić information content (AvgIpc) is 2.82. The number of carbonyl (C=O) groups is 2. The second-order valence-corrected chi connectivity index (χ2v) is 4.24. The summed E-state index contributed by atoms with van der Waals surface area (Å²) in [6.45, 7) is 0.698. The summed E-state index contributed by atoms with van der Waals surface area (Å²) < 4.78 is 5.36. The first kappa shape index (κ1) is 12.6. The van der Waals surface area contributed by atoms with Crippen molar-refractivity contribution in [2.45, 2.75) is 25.4 Å². The Morgan fingerprint density at radius 1 is 1.39 bits per heavy atom. The van der Waals surface area contributed by atoms with Gasteiger partial charge < -0.3 is 15.2 Å². The minimum atomic E-state index is -1.05. The molecule has 96 valence electrons. The fourth-order valence-electron chi connectivity index (χ4n) is 1.99. The molecule has 0 spiro atoms. The quantitative estimate of drug-likeness (QED) is 0.854. The fraction of sp³-hybridized carbons (Fsp3) is 0.385. The van der Waals surface area contributed by atoms with E-state index < -0.39 is 5.97 Å². The van der Waals surface area contributed by atoms with Crippen LogP contribution in [0.5, 0.6) is 0 Å². The fourth-order valence-corrected chi connectivity index (χ4v) is 1.99. The zero-order valence-electron chi connectivity index (χ0n) is 9.89. The maximum Gasteiger partial charge on any atom is 0.337 e. The number of ether oxygens (including phenoxy) is 1. The molecule has 5 nitrogen and oxygen atoms in total. The lowest BCUT2D eigenvalue weighted by molar-refractivity contribution is -0.118. The molecule has 1 aliphatic rings. The molecule has 1 atom stereocenters. The molecule has 1 aromatic carbocycles. The molecular formula is C13H15NO4. The number of anilines is 1. The first-order valence-corrected chi connectivity index (χ1v) is 5.90. The highest BCUT2D eigenvalue weighted by molar-refractivity contribution is 6.00. The van der Waals surface area contributed by atoms with Crippen molar-refractivity contribution in [2.24, 2.45) is 0 Å². The molecule has 1 aliphatic heterocycles. The topological polar surface area (TPSA) is 75.6 Å². The monoisotopic (exact) mass is 249 g/mol. The Kier molecular flexibility index (Phi) is 3.94. The number of carboxylic acid groups (broad SMARTS) is 1. The molecule has 18 heavy (non-hydrogen) atoms. The molecule has 0 aliphatic carbocycles. The molecule has 2 N–H and O–H groups in total. The van der Waals surface area contributed by atoms with Gasteiger partial charge in [-0.15, -0.1) is 0 Å². The number of rotatable bonds is 4. The number of carbonyl (C=O) groups excluding carboxylic acids is 1. The summed E-state index contributed by atoms with van der Waals surface area (Å²) in [4.78, 5) is 22.7. The minimum absolute atomic E-state index is 0.0398. The van der Waals surface area contributed by atoms with E-state index in [0.29, 0.717) is 12.3 Å².